The Balaban J connectivity index is 1.74. The van der Waals surface area contributed by atoms with Crippen molar-refractivity contribution < 1.29 is 9.18 Å². The van der Waals surface area contributed by atoms with Gasteiger partial charge in [0.15, 0.2) is 0 Å². The lowest BCUT2D eigenvalue weighted by Gasteiger charge is -2.35. The summed E-state index contributed by atoms with van der Waals surface area (Å²) in [6.45, 7) is 2.27. The van der Waals surface area contributed by atoms with Crippen molar-refractivity contribution in [2.45, 2.75) is 38.0 Å². The van der Waals surface area contributed by atoms with Gasteiger partial charge in [-0.25, -0.2) is 4.98 Å². The molecule has 4 nitrogen and oxygen atoms in total. The number of halogens is 1. The largest absolute Gasteiger partial charge is 0.313 e. The van der Waals surface area contributed by atoms with Crippen LogP contribution in [0.1, 0.15) is 38.2 Å². The van der Waals surface area contributed by atoms with Crippen LogP contribution in [-0.4, -0.2) is 22.9 Å². The Labute approximate surface area is 163 Å². The topological polar surface area (TPSA) is 46.1 Å². The summed E-state index contributed by atoms with van der Waals surface area (Å²) >= 11 is 0. The van der Waals surface area contributed by atoms with Gasteiger partial charge in [0.05, 0.1) is 22.8 Å². The number of aromatic nitrogens is 2. The van der Waals surface area contributed by atoms with E-state index < -0.39 is 11.4 Å². The van der Waals surface area contributed by atoms with Crippen molar-refractivity contribution >= 4 is 22.5 Å². The molecule has 0 saturated heterocycles. The van der Waals surface area contributed by atoms with E-state index in [9.17, 15) is 9.18 Å². The second-order valence-electron chi connectivity index (χ2n) is 8.25. The minimum atomic E-state index is -0.491. The first-order valence-corrected chi connectivity index (χ1v) is 9.83. The molecule has 0 N–H and O–H groups in total. The predicted molar refractivity (Wildman–Crippen MR) is 108 cm³/mol. The molecule has 0 bridgehead atoms. The number of likely N-dealkylation sites (N-methyl/N-ethyl adjacent to an activating group) is 1. The Bertz CT molecular complexity index is 1080. The zero-order chi connectivity index (χ0) is 19.5. The van der Waals surface area contributed by atoms with E-state index in [-0.39, 0.29) is 5.91 Å². The smallest absolute Gasteiger partial charge is 0.237 e. The SMILES string of the molecule is CC1CCC2(CC1)C(=O)N(C)c1cnc3ccc(-c4ccc(F)nc4)cc3c12. The molecule has 3 aromatic rings. The molecule has 1 aromatic carbocycles. The number of carbonyl (C=O) groups is 1. The molecule has 1 fully saturated rings. The molecule has 0 radical (unpaired) electrons. The van der Waals surface area contributed by atoms with Gasteiger partial charge in [-0.1, -0.05) is 13.0 Å². The molecule has 1 spiro atoms. The number of benzene rings is 1. The minimum absolute atomic E-state index is 0.192. The highest BCUT2D eigenvalue weighted by atomic mass is 19.1. The van der Waals surface area contributed by atoms with Gasteiger partial charge in [-0.15, -0.1) is 0 Å². The van der Waals surface area contributed by atoms with Crippen molar-refractivity contribution in [3.63, 3.8) is 0 Å². The van der Waals surface area contributed by atoms with E-state index in [0.717, 1.165) is 59.0 Å². The third-order valence-electron chi connectivity index (χ3n) is 6.59. The molecule has 2 aliphatic rings. The van der Waals surface area contributed by atoms with Crippen LogP contribution in [0.3, 0.4) is 0 Å². The molecule has 5 heteroatoms. The van der Waals surface area contributed by atoms with E-state index in [1.807, 2.05) is 25.4 Å². The standard InChI is InChI=1S/C23H22FN3O/c1-14-7-9-23(10-8-14)21-17-11-15(16-4-6-20(24)26-12-16)3-5-18(17)25-13-19(21)27(2)22(23)28/h3-6,11-14H,7-10H2,1-2H3. The van der Waals surface area contributed by atoms with Gasteiger partial charge in [0.1, 0.15) is 0 Å². The molecule has 1 saturated carbocycles. The van der Waals surface area contributed by atoms with E-state index in [1.165, 1.54) is 6.07 Å². The third-order valence-corrected chi connectivity index (χ3v) is 6.59. The average Bonchev–Trinajstić information content (AvgIpc) is 2.93. The monoisotopic (exact) mass is 375 g/mol. The summed E-state index contributed by atoms with van der Waals surface area (Å²) in [6.07, 6.45) is 7.26. The van der Waals surface area contributed by atoms with E-state index in [2.05, 4.69) is 23.0 Å². The van der Waals surface area contributed by atoms with Crippen molar-refractivity contribution in [1.29, 1.82) is 0 Å². The number of amides is 1. The summed E-state index contributed by atoms with van der Waals surface area (Å²) in [7, 11) is 1.86. The Hall–Kier alpha value is -2.82. The van der Waals surface area contributed by atoms with E-state index in [0.29, 0.717) is 5.92 Å². The van der Waals surface area contributed by atoms with Crippen molar-refractivity contribution in [3.8, 4) is 11.1 Å². The number of nitrogens with zero attached hydrogens (tertiary/aromatic N) is 3. The maximum Gasteiger partial charge on any atom is 0.237 e. The first-order chi connectivity index (χ1) is 13.5. The van der Waals surface area contributed by atoms with Crippen LogP contribution in [0.15, 0.2) is 42.7 Å². The fourth-order valence-electron chi connectivity index (χ4n) is 4.92. The Kier molecular flexibility index (Phi) is 3.76. The van der Waals surface area contributed by atoms with Crippen LogP contribution in [0.5, 0.6) is 0 Å². The van der Waals surface area contributed by atoms with Gasteiger partial charge in [0.2, 0.25) is 11.9 Å². The van der Waals surface area contributed by atoms with E-state index in [4.69, 9.17) is 0 Å². The summed E-state index contributed by atoms with van der Waals surface area (Å²) in [6, 6.07) is 9.15. The third kappa shape index (κ3) is 2.38. The van der Waals surface area contributed by atoms with E-state index in [1.54, 1.807) is 17.2 Å². The van der Waals surface area contributed by atoms with Crippen LogP contribution in [0.4, 0.5) is 10.1 Å². The summed E-state index contributed by atoms with van der Waals surface area (Å²) in [5, 5.41) is 1.02. The van der Waals surface area contributed by atoms with Crippen molar-refractivity contribution in [1.82, 2.24) is 9.97 Å². The maximum atomic E-state index is 13.3. The van der Waals surface area contributed by atoms with Gasteiger partial charge in [0.25, 0.3) is 0 Å². The molecule has 3 heterocycles. The fraction of sp³-hybridized carbons (Fsp3) is 0.348. The van der Waals surface area contributed by atoms with Crippen LogP contribution < -0.4 is 4.90 Å². The number of hydrogen-bond acceptors (Lipinski definition) is 3. The summed E-state index contributed by atoms with van der Waals surface area (Å²) in [5.74, 6) is 0.355. The summed E-state index contributed by atoms with van der Waals surface area (Å²) in [4.78, 5) is 23.5. The van der Waals surface area contributed by atoms with E-state index >= 15 is 0 Å². The van der Waals surface area contributed by atoms with Gasteiger partial charge in [-0.05, 0) is 61.4 Å². The second-order valence-corrected chi connectivity index (χ2v) is 8.25. The zero-order valence-corrected chi connectivity index (χ0v) is 16.1. The highest BCUT2D eigenvalue weighted by Gasteiger charge is 2.51. The molecule has 1 aliphatic carbocycles. The highest BCUT2D eigenvalue weighted by Crippen LogP contribution is 2.52. The molecule has 28 heavy (non-hydrogen) atoms. The molecule has 0 atom stereocenters. The summed E-state index contributed by atoms with van der Waals surface area (Å²) < 4.78 is 13.2. The average molecular weight is 375 g/mol. The van der Waals surface area contributed by atoms with Crippen LogP contribution >= 0.6 is 0 Å². The Morgan fingerprint density at radius 1 is 1.07 bits per heavy atom. The number of hydrogen-bond donors (Lipinski definition) is 0. The lowest BCUT2D eigenvalue weighted by molar-refractivity contribution is -0.124. The second kappa shape index (κ2) is 6.09. The minimum Gasteiger partial charge on any atom is -0.313 e. The number of rotatable bonds is 1. The van der Waals surface area contributed by atoms with Crippen LogP contribution in [0.2, 0.25) is 0 Å². The lowest BCUT2D eigenvalue weighted by atomic mass is 9.67. The van der Waals surface area contributed by atoms with Crippen molar-refractivity contribution in [2.75, 3.05) is 11.9 Å². The molecule has 142 valence electrons. The maximum absolute atomic E-state index is 13.3. The lowest BCUT2D eigenvalue weighted by Crippen LogP contribution is -2.41. The van der Waals surface area contributed by atoms with Crippen LogP contribution in [0, 0.1) is 11.9 Å². The van der Waals surface area contributed by atoms with Crippen molar-refractivity contribution in [2.24, 2.45) is 5.92 Å². The number of pyridine rings is 2. The fourth-order valence-corrected chi connectivity index (χ4v) is 4.92. The van der Waals surface area contributed by atoms with Crippen LogP contribution in [-0.2, 0) is 10.2 Å². The molecule has 2 aromatic heterocycles. The van der Waals surface area contributed by atoms with Gasteiger partial charge in [-0.3, -0.25) is 9.78 Å². The van der Waals surface area contributed by atoms with Crippen LogP contribution in [0.25, 0.3) is 22.0 Å². The molecule has 0 unspecified atom stereocenters. The van der Waals surface area contributed by atoms with Gasteiger partial charge in [0, 0.05) is 29.8 Å². The first kappa shape index (κ1) is 17.3. The quantitative estimate of drug-likeness (QED) is 0.571. The summed E-state index contributed by atoms with van der Waals surface area (Å²) in [5.41, 5.74) is 4.28. The highest BCUT2D eigenvalue weighted by molar-refractivity contribution is 6.12. The number of fused-ring (bicyclic) bond motifs is 4. The number of carbonyl (C=O) groups excluding carboxylic acids is 1. The Morgan fingerprint density at radius 3 is 2.54 bits per heavy atom. The molecule has 1 amide bonds. The zero-order valence-electron chi connectivity index (χ0n) is 16.1. The van der Waals surface area contributed by atoms with Gasteiger partial charge >= 0.3 is 0 Å². The van der Waals surface area contributed by atoms with Gasteiger partial charge < -0.3 is 4.90 Å². The number of anilines is 1. The Morgan fingerprint density at radius 2 is 1.82 bits per heavy atom. The van der Waals surface area contributed by atoms with Gasteiger partial charge in [-0.2, -0.15) is 4.39 Å². The molecular weight excluding hydrogens is 353 g/mol. The molecule has 1 aliphatic heterocycles. The predicted octanol–water partition coefficient (Wildman–Crippen LogP) is 4.86. The molecular formula is C23H22FN3O. The first-order valence-electron chi connectivity index (χ1n) is 9.83. The van der Waals surface area contributed by atoms with Crippen molar-refractivity contribution in [3.05, 3.63) is 54.2 Å². The normalized spacial score (nSPS) is 24.2. The molecule has 5 rings (SSSR count).